The standard InChI is InChI=1S/C24H26N4O3/c1-3-27(4-2)13-14-28-21(19-11-7-8-12-25-19)20(23(30)24(28)31)22(29)17-15-26-18-10-6-5-9-16(17)18/h5-12,15,21,26,29H,3-4,13-14H2,1-2H3/b22-20-. The van der Waals surface area contributed by atoms with Crippen molar-refractivity contribution in [2.24, 2.45) is 0 Å². The van der Waals surface area contributed by atoms with Crippen LogP contribution in [-0.4, -0.2) is 62.7 Å². The highest BCUT2D eigenvalue weighted by molar-refractivity contribution is 6.46. The molecule has 1 amide bonds. The third kappa shape index (κ3) is 3.72. The predicted molar refractivity (Wildman–Crippen MR) is 119 cm³/mol. The third-order valence-electron chi connectivity index (χ3n) is 5.90. The zero-order valence-corrected chi connectivity index (χ0v) is 17.7. The van der Waals surface area contributed by atoms with Gasteiger partial charge in [0.05, 0.1) is 11.3 Å². The number of likely N-dealkylation sites (tertiary alicyclic amines) is 1. The highest BCUT2D eigenvalue weighted by Gasteiger charge is 2.46. The molecule has 31 heavy (non-hydrogen) atoms. The molecule has 3 aromatic rings. The van der Waals surface area contributed by atoms with Gasteiger partial charge in [0.1, 0.15) is 11.8 Å². The lowest BCUT2D eigenvalue weighted by atomic mass is 9.98. The SMILES string of the molecule is CCN(CC)CCN1C(=O)C(=O)/C(=C(\O)c2c[nH]c3ccccc23)C1c1ccccn1. The largest absolute Gasteiger partial charge is 0.507 e. The number of Topliss-reactive ketones (excluding diaryl/α,β-unsaturated/α-hetero) is 1. The van der Waals surface area contributed by atoms with E-state index in [1.165, 1.54) is 4.90 Å². The van der Waals surface area contributed by atoms with Gasteiger partial charge in [0, 0.05) is 41.9 Å². The molecule has 1 atom stereocenters. The maximum Gasteiger partial charge on any atom is 0.295 e. The first-order valence-electron chi connectivity index (χ1n) is 10.5. The van der Waals surface area contributed by atoms with E-state index >= 15 is 0 Å². The molecule has 3 heterocycles. The summed E-state index contributed by atoms with van der Waals surface area (Å²) in [5.41, 5.74) is 1.98. The Hall–Kier alpha value is -3.45. The molecule has 1 aliphatic heterocycles. The fourth-order valence-corrected chi connectivity index (χ4v) is 4.16. The minimum atomic E-state index is -0.731. The van der Waals surface area contributed by atoms with Crippen LogP contribution in [0, 0.1) is 0 Å². The lowest BCUT2D eigenvalue weighted by molar-refractivity contribution is -0.140. The number of aliphatic hydroxyl groups is 1. The summed E-state index contributed by atoms with van der Waals surface area (Å²) >= 11 is 0. The van der Waals surface area contributed by atoms with Crippen molar-refractivity contribution in [2.75, 3.05) is 26.2 Å². The van der Waals surface area contributed by atoms with Crippen molar-refractivity contribution in [2.45, 2.75) is 19.9 Å². The average molecular weight is 418 g/mol. The van der Waals surface area contributed by atoms with Crippen LogP contribution in [0.1, 0.15) is 31.1 Å². The van der Waals surface area contributed by atoms with Gasteiger partial charge >= 0.3 is 0 Å². The molecule has 0 aliphatic carbocycles. The van der Waals surface area contributed by atoms with Crippen molar-refractivity contribution < 1.29 is 14.7 Å². The molecule has 2 N–H and O–H groups in total. The van der Waals surface area contributed by atoms with Crippen LogP contribution in [0.15, 0.2) is 60.4 Å². The fourth-order valence-electron chi connectivity index (χ4n) is 4.16. The minimum absolute atomic E-state index is 0.0769. The minimum Gasteiger partial charge on any atom is -0.507 e. The zero-order chi connectivity index (χ0) is 22.0. The number of likely N-dealkylation sites (N-methyl/N-ethyl adjacent to an activating group) is 1. The Labute approximate surface area is 181 Å². The van der Waals surface area contributed by atoms with Crippen molar-refractivity contribution in [3.05, 3.63) is 71.7 Å². The Morgan fingerprint density at radius 1 is 1.13 bits per heavy atom. The number of H-pyrrole nitrogens is 1. The number of nitrogens with zero attached hydrogens (tertiary/aromatic N) is 3. The summed E-state index contributed by atoms with van der Waals surface area (Å²) in [7, 11) is 0. The van der Waals surface area contributed by atoms with Gasteiger partial charge in [-0.05, 0) is 31.3 Å². The number of nitrogens with one attached hydrogen (secondary N) is 1. The van der Waals surface area contributed by atoms with Gasteiger partial charge in [-0.1, -0.05) is 38.1 Å². The topological polar surface area (TPSA) is 89.5 Å². The van der Waals surface area contributed by atoms with Gasteiger partial charge in [-0.25, -0.2) is 0 Å². The molecule has 7 nitrogen and oxygen atoms in total. The van der Waals surface area contributed by atoms with Gasteiger partial charge in [-0.15, -0.1) is 0 Å². The van der Waals surface area contributed by atoms with Crippen LogP contribution >= 0.6 is 0 Å². The van der Waals surface area contributed by atoms with Crippen LogP contribution < -0.4 is 0 Å². The smallest absolute Gasteiger partial charge is 0.295 e. The van der Waals surface area contributed by atoms with Crippen molar-refractivity contribution in [1.82, 2.24) is 19.8 Å². The van der Waals surface area contributed by atoms with Crippen LogP contribution in [0.3, 0.4) is 0 Å². The molecule has 1 saturated heterocycles. The summed E-state index contributed by atoms with van der Waals surface area (Å²) in [6, 6.07) is 12.2. The van der Waals surface area contributed by atoms with E-state index in [4.69, 9.17) is 0 Å². The van der Waals surface area contributed by atoms with Crippen LogP contribution in [0.4, 0.5) is 0 Å². The van der Waals surface area contributed by atoms with E-state index in [0.29, 0.717) is 24.3 Å². The monoisotopic (exact) mass is 418 g/mol. The molecule has 1 unspecified atom stereocenters. The van der Waals surface area contributed by atoms with E-state index < -0.39 is 17.7 Å². The molecule has 0 spiro atoms. The van der Waals surface area contributed by atoms with Crippen molar-refractivity contribution in [1.29, 1.82) is 0 Å². The number of amides is 1. The lowest BCUT2D eigenvalue weighted by Gasteiger charge is -2.27. The van der Waals surface area contributed by atoms with Gasteiger partial charge in [-0.2, -0.15) is 0 Å². The molecule has 0 bridgehead atoms. The van der Waals surface area contributed by atoms with Gasteiger partial charge in [0.2, 0.25) is 0 Å². The number of hydrogen-bond acceptors (Lipinski definition) is 5. The number of para-hydroxylation sites is 1. The van der Waals surface area contributed by atoms with Crippen LogP contribution in [-0.2, 0) is 9.59 Å². The van der Waals surface area contributed by atoms with Crippen LogP contribution in [0.25, 0.3) is 16.7 Å². The first kappa shape index (κ1) is 20.8. The number of aliphatic hydroxyl groups excluding tert-OH is 1. The highest BCUT2D eigenvalue weighted by atomic mass is 16.3. The van der Waals surface area contributed by atoms with E-state index in [2.05, 4.69) is 28.7 Å². The van der Waals surface area contributed by atoms with Crippen LogP contribution in [0.5, 0.6) is 0 Å². The van der Waals surface area contributed by atoms with E-state index in [-0.39, 0.29) is 11.3 Å². The van der Waals surface area contributed by atoms with E-state index in [1.54, 1.807) is 24.5 Å². The second kappa shape index (κ2) is 8.73. The maximum absolute atomic E-state index is 13.1. The van der Waals surface area contributed by atoms with Gasteiger partial charge in [0.25, 0.3) is 11.7 Å². The van der Waals surface area contributed by atoms with Gasteiger partial charge in [0.15, 0.2) is 0 Å². The average Bonchev–Trinajstić information content (AvgIpc) is 3.34. The predicted octanol–water partition coefficient (Wildman–Crippen LogP) is 3.33. The van der Waals surface area contributed by atoms with Crippen molar-refractivity contribution in [3.8, 4) is 0 Å². The van der Waals surface area contributed by atoms with E-state index in [0.717, 1.165) is 24.0 Å². The zero-order valence-electron chi connectivity index (χ0n) is 17.7. The van der Waals surface area contributed by atoms with Gasteiger partial charge in [-0.3, -0.25) is 14.6 Å². The van der Waals surface area contributed by atoms with E-state index in [1.807, 2.05) is 30.3 Å². The molecule has 1 aliphatic rings. The number of ketones is 1. The number of aromatic amines is 1. The molecular weight excluding hydrogens is 392 g/mol. The fraction of sp³-hybridized carbons (Fsp3) is 0.292. The summed E-state index contributed by atoms with van der Waals surface area (Å²) in [6.07, 6.45) is 3.30. The number of rotatable bonds is 7. The van der Waals surface area contributed by atoms with Crippen molar-refractivity contribution in [3.63, 3.8) is 0 Å². The molecular formula is C24H26N4O3. The number of aromatic nitrogens is 2. The quantitative estimate of drug-likeness (QED) is 0.349. The Balaban J connectivity index is 1.82. The first-order chi connectivity index (χ1) is 15.1. The molecule has 1 fully saturated rings. The molecule has 160 valence electrons. The number of fused-ring (bicyclic) bond motifs is 1. The number of carbonyl (C=O) groups is 2. The summed E-state index contributed by atoms with van der Waals surface area (Å²) in [4.78, 5) is 37.3. The maximum atomic E-state index is 13.1. The summed E-state index contributed by atoms with van der Waals surface area (Å²) < 4.78 is 0. The molecule has 2 aromatic heterocycles. The highest BCUT2D eigenvalue weighted by Crippen LogP contribution is 2.39. The normalized spacial score (nSPS) is 18.4. The molecule has 1 aromatic carbocycles. The van der Waals surface area contributed by atoms with E-state index in [9.17, 15) is 14.7 Å². The molecule has 0 radical (unpaired) electrons. The summed E-state index contributed by atoms with van der Waals surface area (Å²) in [5, 5.41) is 12.0. The second-order valence-electron chi connectivity index (χ2n) is 7.52. The second-order valence-corrected chi connectivity index (χ2v) is 7.52. The van der Waals surface area contributed by atoms with Crippen LogP contribution in [0.2, 0.25) is 0 Å². The number of pyridine rings is 1. The summed E-state index contributed by atoms with van der Waals surface area (Å²) in [6.45, 7) is 6.83. The lowest BCUT2D eigenvalue weighted by Crippen LogP contribution is -2.38. The molecule has 0 saturated carbocycles. The number of hydrogen-bond donors (Lipinski definition) is 2. The van der Waals surface area contributed by atoms with Gasteiger partial charge < -0.3 is 19.9 Å². The Bertz CT molecular complexity index is 1130. The molecule has 4 rings (SSSR count). The Morgan fingerprint density at radius 2 is 1.87 bits per heavy atom. The summed E-state index contributed by atoms with van der Waals surface area (Å²) in [5.74, 6) is -1.47. The number of benzene rings is 1. The first-order valence-corrected chi connectivity index (χ1v) is 10.5. The molecule has 7 heteroatoms. The van der Waals surface area contributed by atoms with Crippen molar-refractivity contribution >= 4 is 28.4 Å². The Kier molecular flexibility index (Phi) is 5.86. The third-order valence-corrected chi connectivity index (χ3v) is 5.90. The Morgan fingerprint density at radius 3 is 2.58 bits per heavy atom. The number of carbonyl (C=O) groups excluding carboxylic acids is 2.